The first kappa shape index (κ1) is 8.93. The Balaban J connectivity index is 3.13. The van der Waals surface area contributed by atoms with Crippen molar-refractivity contribution in [2.24, 2.45) is 0 Å². The fourth-order valence-corrected chi connectivity index (χ4v) is 1.60. The summed E-state index contributed by atoms with van der Waals surface area (Å²) in [5.74, 6) is 0. The van der Waals surface area contributed by atoms with Crippen LogP contribution in [0, 0.1) is 3.57 Å². The topological polar surface area (TPSA) is 20.2 Å². The van der Waals surface area contributed by atoms with Crippen LogP contribution < -0.4 is 0 Å². The van der Waals surface area contributed by atoms with Crippen molar-refractivity contribution < 1.29 is 9.50 Å². The third kappa shape index (κ3) is 1.90. The van der Waals surface area contributed by atoms with E-state index in [1.165, 1.54) is 0 Å². The van der Waals surface area contributed by atoms with Crippen LogP contribution >= 0.6 is 22.6 Å². The van der Waals surface area contributed by atoms with E-state index in [0.29, 0.717) is 11.1 Å². The van der Waals surface area contributed by atoms with E-state index in [1.54, 1.807) is 6.07 Å². The molecule has 0 radical (unpaired) electrons. The average Bonchev–Trinajstić information content (AvgIpc) is 2.04. The van der Waals surface area contributed by atoms with Gasteiger partial charge in [-0.2, -0.15) is 0 Å². The number of alkyl halides is 1. The van der Waals surface area contributed by atoms with Crippen LogP contribution in [-0.2, 0) is 13.3 Å². The highest BCUT2D eigenvalue weighted by atomic mass is 127. The van der Waals surface area contributed by atoms with E-state index in [9.17, 15) is 4.39 Å². The highest BCUT2D eigenvalue weighted by Crippen LogP contribution is 2.17. The van der Waals surface area contributed by atoms with Crippen LogP contribution in [0.25, 0.3) is 0 Å². The summed E-state index contributed by atoms with van der Waals surface area (Å²) in [6, 6.07) is 5.37. The largest absolute Gasteiger partial charge is 0.392 e. The Labute approximate surface area is 78.4 Å². The summed E-state index contributed by atoms with van der Waals surface area (Å²) >= 11 is 2.06. The summed E-state index contributed by atoms with van der Waals surface area (Å²) in [6.07, 6.45) is 0. The molecule has 1 aromatic carbocycles. The molecule has 0 saturated carbocycles. The highest BCUT2D eigenvalue weighted by molar-refractivity contribution is 14.1. The van der Waals surface area contributed by atoms with Crippen LogP contribution in [0.1, 0.15) is 11.1 Å². The number of hydrogen-bond acceptors (Lipinski definition) is 1. The maximum Gasteiger partial charge on any atom is 0.116 e. The quantitative estimate of drug-likeness (QED) is 0.814. The van der Waals surface area contributed by atoms with Crippen molar-refractivity contribution in [3.05, 3.63) is 32.9 Å². The summed E-state index contributed by atoms with van der Waals surface area (Å²) in [6.45, 7) is -0.592. The van der Waals surface area contributed by atoms with Gasteiger partial charge in [0.05, 0.1) is 6.61 Å². The summed E-state index contributed by atoms with van der Waals surface area (Å²) < 4.78 is 13.2. The van der Waals surface area contributed by atoms with Gasteiger partial charge in [-0.1, -0.05) is 12.1 Å². The zero-order valence-corrected chi connectivity index (χ0v) is 8.01. The van der Waals surface area contributed by atoms with Crippen LogP contribution in [0.5, 0.6) is 0 Å². The van der Waals surface area contributed by atoms with E-state index in [4.69, 9.17) is 5.11 Å². The SMILES string of the molecule is OCc1cccc(I)c1CF. The smallest absolute Gasteiger partial charge is 0.116 e. The third-order valence-electron chi connectivity index (χ3n) is 1.52. The Hall–Kier alpha value is -0.160. The van der Waals surface area contributed by atoms with Crippen LogP contribution in [0.15, 0.2) is 18.2 Å². The lowest BCUT2D eigenvalue weighted by Crippen LogP contribution is -1.94. The minimum atomic E-state index is -0.505. The normalized spacial score (nSPS) is 10.1. The van der Waals surface area contributed by atoms with Crippen LogP contribution in [-0.4, -0.2) is 5.11 Å². The molecule has 0 saturated heterocycles. The molecule has 0 amide bonds. The zero-order valence-electron chi connectivity index (χ0n) is 5.85. The Morgan fingerprint density at radius 2 is 2.18 bits per heavy atom. The first-order valence-electron chi connectivity index (χ1n) is 3.22. The molecule has 0 aliphatic carbocycles. The number of rotatable bonds is 2. The number of halogens is 2. The predicted octanol–water partition coefficient (Wildman–Crippen LogP) is 2.25. The first-order valence-corrected chi connectivity index (χ1v) is 4.30. The Morgan fingerprint density at radius 3 is 2.64 bits per heavy atom. The second-order valence-corrected chi connectivity index (χ2v) is 3.33. The standard InChI is InChI=1S/C8H8FIO/c9-4-7-6(5-11)2-1-3-8(7)10/h1-3,11H,4-5H2. The molecule has 11 heavy (non-hydrogen) atoms. The molecule has 1 rings (SSSR count). The zero-order chi connectivity index (χ0) is 8.27. The maximum atomic E-state index is 12.3. The van der Waals surface area contributed by atoms with Gasteiger partial charge in [-0.15, -0.1) is 0 Å². The van der Waals surface area contributed by atoms with Crippen molar-refractivity contribution in [1.29, 1.82) is 0 Å². The second-order valence-electron chi connectivity index (χ2n) is 2.17. The molecule has 3 heteroatoms. The third-order valence-corrected chi connectivity index (χ3v) is 2.53. The number of aliphatic hydroxyl groups is 1. The fraction of sp³-hybridized carbons (Fsp3) is 0.250. The monoisotopic (exact) mass is 266 g/mol. The maximum absolute atomic E-state index is 12.3. The van der Waals surface area contributed by atoms with E-state index < -0.39 is 6.67 Å². The van der Waals surface area contributed by atoms with Crippen molar-refractivity contribution >= 4 is 22.6 Å². The summed E-state index contributed by atoms with van der Waals surface area (Å²) in [4.78, 5) is 0. The van der Waals surface area contributed by atoms with E-state index in [1.807, 2.05) is 12.1 Å². The van der Waals surface area contributed by atoms with E-state index in [0.717, 1.165) is 3.57 Å². The summed E-state index contributed by atoms with van der Waals surface area (Å²) in [5, 5.41) is 8.80. The predicted molar refractivity (Wildman–Crippen MR) is 49.9 cm³/mol. The Morgan fingerprint density at radius 1 is 1.45 bits per heavy atom. The lowest BCUT2D eigenvalue weighted by Gasteiger charge is -2.04. The van der Waals surface area contributed by atoms with Gasteiger partial charge >= 0.3 is 0 Å². The molecule has 1 N–H and O–H groups in total. The van der Waals surface area contributed by atoms with Gasteiger partial charge in [0.1, 0.15) is 6.67 Å². The molecule has 0 heterocycles. The van der Waals surface area contributed by atoms with Gasteiger partial charge in [-0.05, 0) is 34.2 Å². The van der Waals surface area contributed by atoms with Gasteiger partial charge in [-0.25, -0.2) is 4.39 Å². The molecular formula is C8H8FIO. The molecular weight excluding hydrogens is 258 g/mol. The van der Waals surface area contributed by atoms with Crippen molar-refractivity contribution in [3.63, 3.8) is 0 Å². The molecule has 0 atom stereocenters. The van der Waals surface area contributed by atoms with Crippen LogP contribution in [0.4, 0.5) is 4.39 Å². The van der Waals surface area contributed by atoms with Crippen molar-refractivity contribution in [3.8, 4) is 0 Å². The average molecular weight is 266 g/mol. The highest BCUT2D eigenvalue weighted by Gasteiger charge is 2.03. The summed E-state index contributed by atoms with van der Waals surface area (Å²) in [5.41, 5.74) is 1.29. The molecule has 0 aromatic heterocycles. The molecule has 0 fully saturated rings. The summed E-state index contributed by atoms with van der Waals surface area (Å²) in [7, 11) is 0. The first-order chi connectivity index (χ1) is 5.29. The number of hydrogen-bond donors (Lipinski definition) is 1. The molecule has 1 aromatic rings. The molecule has 0 aliphatic heterocycles. The molecule has 0 spiro atoms. The molecule has 1 nitrogen and oxygen atoms in total. The van der Waals surface area contributed by atoms with Gasteiger partial charge in [0.15, 0.2) is 0 Å². The molecule has 0 bridgehead atoms. The Bertz CT molecular complexity index is 250. The minimum absolute atomic E-state index is 0.0872. The fourth-order valence-electron chi connectivity index (χ4n) is 0.901. The van der Waals surface area contributed by atoms with Gasteiger partial charge in [0, 0.05) is 9.13 Å². The molecule has 60 valence electrons. The van der Waals surface area contributed by atoms with Gasteiger partial charge in [-0.3, -0.25) is 0 Å². The lowest BCUT2D eigenvalue weighted by molar-refractivity contribution is 0.278. The van der Waals surface area contributed by atoms with Crippen LogP contribution in [0.2, 0.25) is 0 Å². The lowest BCUT2D eigenvalue weighted by atomic mass is 10.1. The van der Waals surface area contributed by atoms with E-state index >= 15 is 0 Å². The van der Waals surface area contributed by atoms with E-state index in [-0.39, 0.29) is 6.61 Å². The van der Waals surface area contributed by atoms with Gasteiger partial charge < -0.3 is 5.11 Å². The van der Waals surface area contributed by atoms with Gasteiger partial charge in [0.25, 0.3) is 0 Å². The van der Waals surface area contributed by atoms with Crippen molar-refractivity contribution in [2.75, 3.05) is 0 Å². The van der Waals surface area contributed by atoms with Crippen LogP contribution in [0.3, 0.4) is 0 Å². The molecule has 0 aliphatic rings. The minimum Gasteiger partial charge on any atom is -0.392 e. The number of aliphatic hydroxyl groups excluding tert-OH is 1. The number of benzene rings is 1. The van der Waals surface area contributed by atoms with E-state index in [2.05, 4.69) is 22.6 Å². The Kier molecular flexibility index (Phi) is 3.26. The van der Waals surface area contributed by atoms with Crippen molar-refractivity contribution in [1.82, 2.24) is 0 Å². The van der Waals surface area contributed by atoms with Gasteiger partial charge in [0.2, 0.25) is 0 Å². The second kappa shape index (κ2) is 4.01. The van der Waals surface area contributed by atoms with Crippen molar-refractivity contribution in [2.45, 2.75) is 13.3 Å². The molecule has 0 unspecified atom stereocenters.